The summed E-state index contributed by atoms with van der Waals surface area (Å²) in [6.45, 7) is 4.97. The lowest BCUT2D eigenvalue weighted by Gasteiger charge is -2.23. The van der Waals surface area contributed by atoms with Gasteiger partial charge in [-0.3, -0.25) is 4.79 Å². The molecule has 19 heavy (non-hydrogen) atoms. The Balaban J connectivity index is 2.67. The van der Waals surface area contributed by atoms with Gasteiger partial charge in [0.15, 0.2) is 5.78 Å². The summed E-state index contributed by atoms with van der Waals surface area (Å²) >= 11 is 0. The Kier molecular flexibility index (Phi) is 3.51. The number of rotatable bonds is 3. The Hall–Kier alpha value is -1.23. The first-order chi connectivity index (χ1) is 8.88. The first kappa shape index (κ1) is 14.2. The molecule has 4 nitrogen and oxygen atoms in total. The number of carbonyl (C=O) groups is 1. The average molecular weight is 264 g/mol. The first-order valence-corrected chi connectivity index (χ1v) is 6.46. The molecule has 0 saturated carbocycles. The lowest BCUT2D eigenvalue weighted by molar-refractivity contribution is 0.0129. The van der Waals surface area contributed by atoms with Crippen LogP contribution >= 0.6 is 0 Å². The van der Waals surface area contributed by atoms with Crippen molar-refractivity contribution in [2.45, 2.75) is 33.3 Å². The van der Waals surface area contributed by atoms with E-state index in [-0.39, 0.29) is 19.0 Å². The number of Topliss-reactive ketones (excluding diaryl/α,β-unsaturated/α-hetero) is 1. The molecule has 1 aromatic carbocycles. The summed E-state index contributed by atoms with van der Waals surface area (Å²) in [5.41, 5.74) is 2.67. The third-order valence-corrected chi connectivity index (χ3v) is 4.30. The second-order valence-electron chi connectivity index (χ2n) is 5.54. The molecule has 2 atom stereocenters. The van der Waals surface area contributed by atoms with Crippen molar-refractivity contribution < 1.29 is 20.1 Å². The smallest absolute Gasteiger partial charge is 0.174 e. The molecule has 4 heteroatoms. The van der Waals surface area contributed by atoms with E-state index in [9.17, 15) is 15.0 Å². The number of ketones is 1. The van der Waals surface area contributed by atoms with Gasteiger partial charge in [0.25, 0.3) is 0 Å². The topological polar surface area (TPSA) is 77.8 Å². The molecule has 3 N–H and O–H groups in total. The van der Waals surface area contributed by atoms with Crippen LogP contribution in [0.3, 0.4) is 0 Å². The van der Waals surface area contributed by atoms with Crippen molar-refractivity contribution in [1.29, 1.82) is 0 Å². The molecular formula is C15H20O4. The van der Waals surface area contributed by atoms with Gasteiger partial charge >= 0.3 is 0 Å². The molecule has 1 aliphatic rings. The number of hydrogen-bond acceptors (Lipinski definition) is 4. The van der Waals surface area contributed by atoms with Gasteiger partial charge in [0, 0.05) is 12.2 Å². The minimum atomic E-state index is -1.16. The van der Waals surface area contributed by atoms with Gasteiger partial charge in [-0.1, -0.05) is 6.07 Å². The van der Waals surface area contributed by atoms with Crippen molar-refractivity contribution in [3.05, 3.63) is 33.9 Å². The lowest BCUT2D eigenvalue weighted by Crippen LogP contribution is -2.32. The third-order valence-electron chi connectivity index (χ3n) is 4.30. The van der Waals surface area contributed by atoms with Crippen molar-refractivity contribution in [2.24, 2.45) is 5.41 Å². The van der Waals surface area contributed by atoms with E-state index in [2.05, 4.69) is 0 Å². The number of aliphatic hydroxyl groups excluding tert-OH is 3. The summed E-state index contributed by atoms with van der Waals surface area (Å²) in [5.74, 6) is -0.214. The Morgan fingerprint density at radius 2 is 1.95 bits per heavy atom. The monoisotopic (exact) mass is 264 g/mol. The predicted octanol–water partition coefficient (Wildman–Crippen LogP) is 1.07. The quantitative estimate of drug-likeness (QED) is 0.763. The van der Waals surface area contributed by atoms with Gasteiger partial charge in [0.2, 0.25) is 0 Å². The van der Waals surface area contributed by atoms with Crippen LogP contribution < -0.4 is 0 Å². The fourth-order valence-corrected chi connectivity index (χ4v) is 2.98. The zero-order valence-electron chi connectivity index (χ0n) is 11.5. The number of aryl methyl sites for hydroxylation is 1. The summed E-state index contributed by atoms with van der Waals surface area (Å²) in [7, 11) is 0. The number of hydrogen-bond donors (Lipinski definition) is 3. The highest BCUT2D eigenvalue weighted by atomic mass is 16.3. The molecule has 0 radical (unpaired) electrons. The van der Waals surface area contributed by atoms with Gasteiger partial charge in [0.1, 0.15) is 0 Å². The second-order valence-corrected chi connectivity index (χ2v) is 5.54. The number of benzene rings is 1. The zero-order valence-corrected chi connectivity index (χ0v) is 11.5. The maximum Gasteiger partial charge on any atom is 0.174 e. The van der Waals surface area contributed by atoms with Crippen molar-refractivity contribution in [3.63, 3.8) is 0 Å². The highest BCUT2D eigenvalue weighted by molar-refractivity contribution is 6.07. The van der Waals surface area contributed by atoms with Gasteiger partial charge in [-0.15, -0.1) is 0 Å². The number of aliphatic hydroxyl groups is 3. The molecule has 2 rings (SSSR count). The molecule has 0 bridgehead atoms. The molecule has 0 aromatic heterocycles. The standard InChI is InChI=1S/C15H20O4/c1-8-6-11-12(9(2)10(8)4-5-16)14(19)15(3,7-17)13(11)18/h6,13,16-18H,4-5,7H2,1-3H3/t13?,15-/m0/s1. The largest absolute Gasteiger partial charge is 0.396 e. The molecule has 0 amide bonds. The van der Waals surface area contributed by atoms with Crippen molar-refractivity contribution in [1.82, 2.24) is 0 Å². The fraction of sp³-hybridized carbons (Fsp3) is 0.533. The van der Waals surface area contributed by atoms with Crippen molar-refractivity contribution >= 4 is 5.78 Å². The highest BCUT2D eigenvalue weighted by Gasteiger charge is 2.49. The molecule has 0 aliphatic heterocycles. The molecule has 0 saturated heterocycles. The first-order valence-electron chi connectivity index (χ1n) is 6.46. The van der Waals surface area contributed by atoms with Gasteiger partial charge in [-0.2, -0.15) is 0 Å². The summed E-state index contributed by atoms with van der Waals surface area (Å²) in [6.07, 6.45) is -0.481. The normalized spacial score (nSPS) is 25.8. The zero-order chi connectivity index (χ0) is 14.4. The minimum absolute atomic E-state index is 0.0223. The van der Waals surface area contributed by atoms with Crippen LogP contribution in [0.5, 0.6) is 0 Å². The maximum atomic E-state index is 12.5. The van der Waals surface area contributed by atoms with E-state index in [0.717, 1.165) is 16.7 Å². The van der Waals surface area contributed by atoms with Gasteiger partial charge < -0.3 is 15.3 Å². The molecule has 0 fully saturated rings. The van der Waals surface area contributed by atoms with Crippen LogP contribution in [0.25, 0.3) is 0 Å². The summed E-state index contributed by atoms with van der Waals surface area (Å²) in [5, 5.41) is 28.9. The van der Waals surface area contributed by atoms with E-state index in [1.54, 1.807) is 13.0 Å². The minimum Gasteiger partial charge on any atom is -0.396 e. The van der Waals surface area contributed by atoms with E-state index < -0.39 is 11.5 Å². The van der Waals surface area contributed by atoms with Crippen LogP contribution in [-0.4, -0.2) is 34.3 Å². The molecule has 1 aromatic rings. The fourth-order valence-electron chi connectivity index (χ4n) is 2.98. The van der Waals surface area contributed by atoms with E-state index >= 15 is 0 Å². The van der Waals surface area contributed by atoms with E-state index in [1.807, 2.05) is 13.8 Å². The summed E-state index contributed by atoms with van der Waals surface area (Å²) in [6, 6.07) is 1.80. The SMILES string of the molecule is Cc1cc2c(c(C)c1CCO)C(=O)[C@@](C)(CO)C2O. The van der Waals surface area contributed by atoms with Crippen LogP contribution in [0.1, 0.15) is 45.6 Å². The van der Waals surface area contributed by atoms with E-state index in [1.165, 1.54) is 0 Å². The van der Waals surface area contributed by atoms with Crippen LogP contribution in [0.15, 0.2) is 6.07 Å². The van der Waals surface area contributed by atoms with E-state index in [4.69, 9.17) is 5.11 Å². The van der Waals surface area contributed by atoms with Crippen LogP contribution in [0.2, 0.25) is 0 Å². The van der Waals surface area contributed by atoms with Gasteiger partial charge in [-0.05, 0) is 49.4 Å². The predicted molar refractivity (Wildman–Crippen MR) is 71.2 cm³/mol. The van der Waals surface area contributed by atoms with E-state index in [0.29, 0.717) is 17.5 Å². The highest BCUT2D eigenvalue weighted by Crippen LogP contribution is 2.47. The van der Waals surface area contributed by atoms with Crippen molar-refractivity contribution in [3.8, 4) is 0 Å². The maximum absolute atomic E-state index is 12.5. The third kappa shape index (κ3) is 1.83. The van der Waals surface area contributed by atoms with Crippen LogP contribution in [-0.2, 0) is 6.42 Å². The average Bonchev–Trinajstić information content (AvgIpc) is 2.57. The molecule has 0 spiro atoms. The molecular weight excluding hydrogens is 244 g/mol. The number of carbonyl (C=O) groups excluding carboxylic acids is 1. The van der Waals surface area contributed by atoms with Crippen LogP contribution in [0.4, 0.5) is 0 Å². The Morgan fingerprint density at radius 1 is 1.32 bits per heavy atom. The Bertz CT molecular complexity index is 535. The second kappa shape index (κ2) is 4.71. The van der Waals surface area contributed by atoms with Gasteiger partial charge in [0.05, 0.1) is 18.1 Å². The van der Waals surface area contributed by atoms with Crippen molar-refractivity contribution in [2.75, 3.05) is 13.2 Å². The lowest BCUT2D eigenvalue weighted by atomic mass is 9.84. The van der Waals surface area contributed by atoms with Crippen LogP contribution in [0, 0.1) is 19.3 Å². The molecule has 1 aliphatic carbocycles. The summed E-state index contributed by atoms with van der Waals surface area (Å²) in [4.78, 5) is 12.5. The Labute approximate surface area is 112 Å². The van der Waals surface area contributed by atoms with Gasteiger partial charge in [-0.25, -0.2) is 0 Å². The number of fused-ring (bicyclic) bond motifs is 1. The summed E-state index contributed by atoms with van der Waals surface area (Å²) < 4.78 is 0. The molecule has 0 heterocycles. The Morgan fingerprint density at radius 3 is 2.47 bits per heavy atom. The molecule has 104 valence electrons. The molecule has 1 unspecified atom stereocenters.